The average Bonchev–Trinajstić information content (AvgIpc) is 3.33. The van der Waals surface area contributed by atoms with Crippen LogP contribution in [0.3, 0.4) is 0 Å². The minimum Gasteiger partial charge on any atom is -0.493 e. The molecule has 0 radical (unpaired) electrons. The van der Waals surface area contributed by atoms with Gasteiger partial charge in [-0.1, -0.05) is 26.8 Å². The highest BCUT2D eigenvalue weighted by Gasteiger charge is 2.39. The number of carbonyl (C=O) groups is 2. The molecule has 42 heavy (non-hydrogen) atoms. The predicted molar refractivity (Wildman–Crippen MR) is 154 cm³/mol. The summed E-state index contributed by atoms with van der Waals surface area (Å²) in [7, 11) is 0. The first-order valence-electron chi connectivity index (χ1n) is 14.9. The molecule has 0 aromatic heterocycles. The number of rotatable bonds is 3. The van der Waals surface area contributed by atoms with E-state index in [-0.39, 0.29) is 53.8 Å². The third-order valence-electron chi connectivity index (χ3n) is 8.41. The number of halogens is 2. The first-order chi connectivity index (χ1) is 20.0. The van der Waals surface area contributed by atoms with Gasteiger partial charge in [0.1, 0.15) is 23.5 Å². The topological polar surface area (TPSA) is 100 Å². The minimum absolute atomic E-state index is 0.0741. The SMILES string of the molecule is CC(C)(C)CCN1C[C@@H]2C[C@H]1C(=O)NC[C@H]1O[C@H](CCOc3cc(-c4ccc(F)cc4F)ccc3C(=O)N2)CC[C@@H]1O. The van der Waals surface area contributed by atoms with Crippen LogP contribution >= 0.6 is 0 Å². The van der Waals surface area contributed by atoms with Gasteiger partial charge in [0.05, 0.1) is 30.4 Å². The quantitative estimate of drug-likeness (QED) is 0.503. The van der Waals surface area contributed by atoms with Crippen LogP contribution in [0.5, 0.6) is 5.75 Å². The molecule has 2 fully saturated rings. The minimum atomic E-state index is -0.710. The smallest absolute Gasteiger partial charge is 0.255 e. The van der Waals surface area contributed by atoms with Gasteiger partial charge in [-0.2, -0.15) is 0 Å². The number of ether oxygens (including phenoxy) is 2. The molecule has 228 valence electrons. The zero-order valence-corrected chi connectivity index (χ0v) is 24.5. The molecular weight excluding hydrogens is 544 g/mol. The van der Waals surface area contributed by atoms with Crippen molar-refractivity contribution in [1.82, 2.24) is 15.5 Å². The Hall–Kier alpha value is -3.08. The number of aliphatic hydroxyl groups excluding tert-OH is 1. The lowest BCUT2D eigenvalue weighted by Crippen LogP contribution is -2.50. The second kappa shape index (κ2) is 12.7. The summed E-state index contributed by atoms with van der Waals surface area (Å²) < 4.78 is 40.4. The molecule has 3 aliphatic heterocycles. The normalized spacial score (nSPS) is 27.5. The number of amides is 2. The van der Waals surface area contributed by atoms with Crippen molar-refractivity contribution in [1.29, 1.82) is 0 Å². The Labute approximate surface area is 245 Å². The van der Waals surface area contributed by atoms with Gasteiger partial charge in [-0.3, -0.25) is 14.5 Å². The predicted octanol–water partition coefficient (Wildman–Crippen LogP) is 4.05. The molecule has 3 aliphatic rings. The van der Waals surface area contributed by atoms with Crippen LogP contribution in [0.15, 0.2) is 36.4 Å². The Morgan fingerprint density at radius 1 is 1.05 bits per heavy atom. The lowest BCUT2D eigenvalue weighted by Gasteiger charge is -2.34. The Morgan fingerprint density at radius 3 is 2.60 bits per heavy atom. The van der Waals surface area contributed by atoms with Crippen LogP contribution in [0.2, 0.25) is 0 Å². The van der Waals surface area contributed by atoms with Crippen molar-refractivity contribution < 1.29 is 33.0 Å². The number of hydrogen-bond donors (Lipinski definition) is 3. The highest BCUT2D eigenvalue weighted by molar-refractivity contribution is 5.98. The van der Waals surface area contributed by atoms with E-state index in [2.05, 4.69) is 36.3 Å². The summed E-state index contributed by atoms with van der Waals surface area (Å²) >= 11 is 0. The second-order valence-corrected chi connectivity index (χ2v) is 12.9. The summed E-state index contributed by atoms with van der Waals surface area (Å²) in [5.74, 6) is -1.58. The number of nitrogens with zero attached hydrogens (tertiary/aromatic N) is 1. The maximum atomic E-state index is 14.6. The van der Waals surface area contributed by atoms with Gasteiger partial charge in [0.15, 0.2) is 0 Å². The summed E-state index contributed by atoms with van der Waals surface area (Å²) in [5.41, 5.74) is 1.02. The van der Waals surface area contributed by atoms with E-state index >= 15 is 0 Å². The molecule has 10 heteroatoms. The Morgan fingerprint density at radius 2 is 1.83 bits per heavy atom. The molecule has 8 nitrogen and oxygen atoms in total. The molecular formula is C32H41F2N3O5. The molecule has 5 rings (SSSR count). The van der Waals surface area contributed by atoms with Crippen LogP contribution in [-0.4, -0.2) is 78.5 Å². The van der Waals surface area contributed by atoms with Crippen molar-refractivity contribution in [3.8, 4) is 16.9 Å². The number of carbonyl (C=O) groups excluding carboxylic acids is 2. The fourth-order valence-electron chi connectivity index (χ4n) is 5.95. The second-order valence-electron chi connectivity index (χ2n) is 12.9. The lowest BCUT2D eigenvalue weighted by molar-refractivity contribution is -0.133. The number of hydrogen-bond acceptors (Lipinski definition) is 6. The van der Waals surface area contributed by atoms with Crippen molar-refractivity contribution in [3.63, 3.8) is 0 Å². The molecule has 0 unspecified atom stereocenters. The van der Waals surface area contributed by atoms with Gasteiger partial charge in [0, 0.05) is 37.2 Å². The molecule has 2 aromatic rings. The average molecular weight is 586 g/mol. The van der Waals surface area contributed by atoms with Crippen LogP contribution in [-0.2, 0) is 9.53 Å². The first-order valence-corrected chi connectivity index (χ1v) is 14.9. The van der Waals surface area contributed by atoms with E-state index in [1.54, 1.807) is 18.2 Å². The van der Waals surface area contributed by atoms with Crippen molar-refractivity contribution in [3.05, 3.63) is 53.6 Å². The maximum absolute atomic E-state index is 14.6. The van der Waals surface area contributed by atoms with Gasteiger partial charge in [0.2, 0.25) is 5.91 Å². The zero-order chi connectivity index (χ0) is 30.0. The molecule has 2 saturated heterocycles. The monoisotopic (exact) mass is 585 g/mol. The number of aliphatic hydroxyl groups is 1. The highest BCUT2D eigenvalue weighted by atomic mass is 19.1. The Kier molecular flexibility index (Phi) is 9.15. The summed E-state index contributed by atoms with van der Waals surface area (Å²) in [6, 6.07) is 7.48. The van der Waals surface area contributed by atoms with Gasteiger partial charge < -0.3 is 25.2 Å². The molecule has 4 bridgehead atoms. The third-order valence-corrected chi connectivity index (χ3v) is 8.41. The Balaban J connectivity index is 1.44. The van der Waals surface area contributed by atoms with E-state index in [0.717, 1.165) is 12.5 Å². The molecule has 5 atom stereocenters. The molecule has 3 heterocycles. The molecule has 0 saturated carbocycles. The highest BCUT2D eigenvalue weighted by Crippen LogP contribution is 2.31. The van der Waals surface area contributed by atoms with E-state index < -0.39 is 29.9 Å². The van der Waals surface area contributed by atoms with Crippen molar-refractivity contribution >= 4 is 11.8 Å². The largest absolute Gasteiger partial charge is 0.493 e. The van der Waals surface area contributed by atoms with Gasteiger partial charge in [-0.15, -0.1) is 0 Å². The maximum Gasteiger partial charge on any atom is 0.255 e. The van der Waals surface area contributed by atoms with Gasteiger partial charge >= 0.3 is 0 Å². The van der Waals surface area contributed by atoms with E-state index in [4.69, 9.17) is 9.47 Å². The molecule has 3 N–H and O–H groups in total. The number of benzene rings is 2. The van der Waals surface area contributed by atoms with Crippen molar-refractivity contribution in [2.45, 2.75) is 83.3 Å². The van der Waals surface area contributed by atoms with Crippen molar-refractivity contribution in [2.24, 2.45) is 5.41 Å². The summed E-state index contributed by atoms with van der Waals surface area (Å²) in [6.07, 6.45) is 1.59. The van der Waals surface area contributed by atoms with Crippen LogP contribution < -0.4 is 15.4 Å². The lowest BCUT2D eigenvalue weighted by atomic mass is 9.92. The van der Waals surface area contributed by atoms with E-state index in [9.17, 15) is 23.5 Å². The van der Waals surface area contributed by atoms with E-state index in [0.29, 0.717) is 49.9 Å². The number of likely N-dealkylation sites (tertiary alicyclic amines) is 1. The molecule has 0 spiro atoms. The fraction of sp³-hybridized carbons (Fsp3) is 0.562. The molecule has 2 amide bonds. The van der Waals surface area contributed by atoms with Crippen LogP contribution in [0, 0.1) is 17.0 Å². The van der Waals surface area contributed by atoms with Gasteiger partial charge in [-0.25, -0.2) is 8.78 Å². The van der Waals surface area contributed by atoms with E-state index in [1.165, 1.54) is 12.1 Å². The fourth-order valence-corrected chi connectivity index (χ4v) is 5.95. The molecule has 2 aromatic carbocycles. The molecule has 0 aliphatic carbocycles. The standard InChI is InChI=1S/C32H41F2N3O5/c1-32(2,3)11-12-37-18-21-16-26(37)31(40)35-17-29-27(38)9-6-22(42-29)10-13-41-28-14-19(4-7-24(28)30(39)36-21)23-8-5-20(33)15-25(23)34/h4-5,7-8,14-15,21-22,26-27,29,38H,6,9-13,16-18H2,1-3H3,(H,35,40)(H,36,39)/t21-,22-,26-,27-,29+/m0/s1. The Bertz CT molecular complexity index is 1300. The number of fused-ring (bicyclic) bond motifs is 5. The van der Waals surface area contributed by atoms with Gasteiger partial charge in [-0.05, 0) is 67.5 Å². The van der Waals surface area contributed by atoms with E-state index in [1.807, 2.05) is 0 Å². The van der Waals surface area contributed by atoms with Crippen LogP contribution in [0.4, 0.5) is 8.78 Å². The summed E-state index contributed by atoms with van der Waals surface area (Å²) in [4.78, 5) is 29.1. The van der Waals surface area contributed by atoms with Crippen LogP contribution in [0.25, 0.3) is 11.1 Å². The van der Waals surface area contributed by atoms with Crippen LogP contribution in [0.1, 0.15) is 63.2 Å². The first kappa shape index (κ1) is 30.4. The summed E-state index contributed by atoms with van der Waals surface area (Å²) in [6.45, 7) is 8.10. The number of nitrogens with one attached hydrogen (secondary N) is 2. The summed E-state index contributed by atoms with van der Waals surface area (Å²) in [5, 5.41) is 16.7. The zero-order valence-electron chi connectivity index (χ0n) is 24.5. The van der Waals surface area contributed by atoms with Crippen molar-refractivity contribution in [2.75, 3.05) is 26.2 Å². The third kappa shape index (κ3) is 7.27. The van der Waals surface area contributed by atoms with Gasteiger partial charge in [0.25, 0.3) is 5.91 Å².